The van der Waals surface area contributed by atoms with Gasteiger partial charge in [0.15, 0.2) is 0 Å². The number of carbonyl (C=O) groups excluding carboxylic acids is 1. The van der Waals surface area contributed by atoms with E-state index in [0.717, 1.165) is 30.9 Å². The number of carbonyl (C=O) groups is 3. The zero-order chi connectivity index (χ0) is 30.5. The number of urea groups is 1. The van der Waals surface area contributed by atoms with Gasteiger partial charge in [0.05, 0.1) is 12.7 Å². The predicted octanol–water partition coefficient (Wildman–Crippen LogP) is 3.11. The Bertz CT molecular complexity index is 1340. The van der Waals surface area contributed by atoms with Gasteiger partial charge in [-0.15, -0.1) is 0 Å². The number of hydrogen-bond acceptors (Lipinski definition) is 7. The molecule has 4 rings (SSSR count). The molecule has 0 aliphatic carbocycles. The number of anilines is 1. The van der Waals surface area contributed by atoms with Crippen molar-refractivity contribution in [3.8, 4) is 5.75 Å². The minimum Gasteiger partial charge on any atom is -0.497 e. The van der Waals surface area contributed by atoms with E-state index in [0.29, 0.717) is 37.2 Å². The molecule has 2 aliphatic heterocycles. The van der Waals surface area contributed by atoms with Crippen LogP contribution in [0.3, 0.4) is 0 Å². The van der Waals surface area contributed by atoms with Crippen molar-refractivity contribution in [2.45, 2.75) is 50.2 Å². The van der Waals surface area contributed by atoms with Crippen molar-refractivity contribution in [3.63, 3.8) is 0 Å². The largest absolute Gasteiger partial charge is 0.497 e. The molecule has 6 N–H and O–H groups in total. The number of aliphatic carboxylic acids is 2. The summed E-state index contributed by atoms with van der Waals surface area (Å²) >= 11 is 0. The number of ether oxygens (including phenoxy) is 1. The lowest BCUT2D eigenvalue weighted by Gasteiger charge is -2.41. The smallest absolute Gasteiger partial charge is 0.319 e. The number of hydrogen-bond donors (Lipinski definition) is 6. The number of likely N-dealkylation sites (tertiary alicyclic amines) is 1. The molecule has 3 atom stereocenters. The van der Waals surface area contributed by atoms with Crippen molar-refractivity contribution in [1.82, 2.24) is 15.5 Å². The standard InChI is InChI=1S/C31H40N4O7/c1-20-19-31(28(38)39,26(27(36)37)21(2)33-20)23-8-4-9-24(17-23)34-29(40)32-13-6-14-35-15-11-30(41,12-16-35)22-7-5-10-25(18-22)42-3/h4-5,7-10,17-19,21,26,33,41H,6,11-16H2,1-3H3,(H,36,37)(H,38,39)(H2,32,34,40). The summed E-state index contributed by atoms with van der Waals surface area (Å²) in [7, 11) is 1.61. The van der Waals surface area contributed by atoms with Gasteiger partial charge in [-0.3, -0.25) is 9.59 Å². The van der Waals surface area contributed by atoms with Gasteiger partial charge in [-0.05, 0) is 81.1 Å². The molecule has 2 aliphatic rings. The molecule has 2 heterocycles. The average Bonchev–Trinajstić information content (AvgIpc) is 2.95. The number of nitrogens with one attached hydrogen (secondary N) is 3. The normalized spacial score (nSPS) is 23.7. The number of benzene rings is 2. The van der Waals surface area contributed by atoms with Crippen LogP contribution in [-0.2, 0) is 20.6 Å². The Balaban J connectivity index is 1.30. The van der Waals surface area contributed by atoms with E-state index in [-0.39, 0.29) is 5.56 Å². The Morgan fingerprint density at radius 1 is 1.07 bits per heavy atom. The highest BCUT2D eigenvalue weighted by molar-refractivity contribution is 5.93. The number of nitrogens with zero attached hydrogens (tertiary/aromatic N) is 1. The summed E-state index contributed by atoms with van der Waals surface area (Å²) in [6.45, 7) is 6.00. The fraction of sp³-hybridized carbons (Fsp3) is 0.452. The molecular formula is C31H40N4O7. The van der Waals surface area contributed by atoms with Gasteiger partial charge in [0, 0.05) is 37.1 Å². The average molecular weight is 581 g/mol. The fourth-order valence-electron chi connectivity index (χ4n) is 6.18. The lowest BCUT2D eigenvalue weighted by atomic mass is 9.65. The third-order valence-corrected chi connectivity index (χ3v) is 8.34. The number of carboxylic acids is 2. The van der Waals surface area contributed by atoms with Gasteiger partial charge < -0.3 is 40.9 Å². The molecule has 0 bridgehead atoms. The second-order valence-electron chi connectivity index (χ2n) is 11.2. The quantitative estimate of drug-likeness (QED) is 0.232. The number of aliphatic hydroxyl groups is 1. The molecule has 0 aromatic heterocycles. The second kappa shape index (κ2) is 12.8. The molecule has 11 heteroatoms. The highest BCUT2D eigenvalue weighted by atomic mass is 16.5. The maximum absolute atomic E-state index is 12.6. The number of allylic oxidation sites excluding steroid dienone is 1. The summed E-state index contributed by atoms with van der Waals surface area (Å²) in [5.41, 5.74) is -0.634. The van der Waals surface area contributed by atoms with Gasteiger partial charge in [0.25, 0.3) is 0 Å². The lowest BCUT2D eigenvalue weighted by molar-refractivity contribution is -0.155. The zero-order valence-electron chi connectivity index (χ0n) is 24.2. The summed E-state index contributed by atoms with van der Waals surface area (Å²) in [5.74, 6) is -3.04. The molecule has 2 aromatic carbocycles. The molecule has 1 fully saturated rings. The van der Waals surface area contributed by atoms with Gasteiger partial charge >= 0.3 is 18.0 Å². The first-order chi connectivity index (χ1) is 20.0. The van der Waals surface area contributed by atoms with Gasteiger partial charge in [-0.25, -0.2) is 4.79 Å². The predicted molar refractivity (Wildman–Crippen MR) is 157 cm³/mol. The van der Waals surface area contributed by atoms with Crippen LogP contribution in [0, 0.1) is 5.92 Å². The van der Waals surface area contributed by atoms with E-state index in [1.54, 1.807) is 39.2 Å². The number of methoxy groups -OCH3 is 1. The Morgan fingerprint density at radius 3 is 2.43 bits per heavy atom. The molecule has 0 spiro atoms. The molecular weight excluding hydrogens is 540 g/mol. The number of rotatable bonds is 10. The molecule has 0 radical (unpaired) electrons. The van der Waals surface area contributed by atoms with Crippen molar-refractivity contribution in [3.05, 3.63) is 71.4 Å². The first-order valence-corrected chi connectivity index (χ1v) is 14.2. The molecule has 2 amide bonds. The third-order valence-electron chi connectivity index (χ3n) is 8.34. The molecule has 42 heavy (non-hydrogen) atoms. The van der Waals surface area contributed by atoms with Crippen LogP contribution in [-0.4, -0.2) is 77.5 Å². The van der Waals surface area contributed by atoms with Gasteiger partial charge in [-0.1, -0.05) is 24.3 Å². The minimum atomic E-state index is -1.80. The number of amides is 2. The van der Waals surface area contributed by atoms with Crippen LogP contribution in [0.4, 0.5) is 10.5 Å². The van der Waals surface area contributed by atoms with Crippen molar-refractivity contribution < 1.29 is 34.4 Å². The topological polar surface area (TPSA) is 160 Å². The van der Waals surface area contributed by atoms with Crippen LogP contribution in [0.2, 0.25) is 0 Å². The van der Waals surface area contributed by atoms with Crippen LogP contribution in [0.1, 0.15) is 44.2 Å². The Hall–Kier alpha value is -4.09. The number of carboxylic acid groups (broad SMARTS) is 2. The molecule has 0 saturated carbocycles. The Labute approximate surface area is 245 Å². The van der Waals surface area contributed by atoms with E-state index < -0.39 is 40.9 Å². The van der Waals surface area contributed by atoms with Crippen LogP contribution < -0.4 is 20.7 Å². The highest BCUT2D eigenvalue weighted by Gasteiger charge is 2.54. The van der Waals surface area contributed by atoms with Gasteiger partial charge in [0.1, 0.15) is 17.1 Å². The van der Waals surface area contributed by atoms with Crippen molar-refractivity contribution in [2.75, 3.05) is 38.6 Å². The Kier molecular flexibility index (Phi) is 9.43. The van der Waals surface area contributed by atoms with Crippen molar-refractivity contribution in [2.24, 2.45) is 5.92 Å². The maximum Gasteiger partial charge on any atom is 0.319 e. The fourth-order valence-corrected chi connectivity index (χ4v) is 6.18. The van der Waals surface area contributed by atoms with E-state index in [1.807, 2.05) is 24.3 Å². The molecule has 2 aromatic rings. The highest BCUT2D eigenvalue weighted by Crippen LogP contribution is 2.41. The van der Waals surface area contributed by atoms with Gasteiger partial charge in [-0.2, -0.15) is 0 Å². The van der Waals surface area contributed by atoms with E-state index >= 15 is 0 Å². The minimum absolute atomic E-state index is 0.270. The molecule has 3 unspecified atom stereocenters. The monoisotopic (exact) mass is 580 g/mol. The maximum atomic E-state index is 12.6. The number of piperidine rings is 1. The van der Waals surface area contributed by atoms with E-state index in [1.165, 1.54) is 12.1 Å². The molecule has 226 valence electrons. The lowest BCUT2D eigenvalue weighted by Crippen LogP contribution is -2.56. The summed E-state index contributed by atoms with van der Waals surface area (Å²) < 4.78 is 5.29. The first kappa shape index (κ1) is 30.9. The van der Waals surface area contributed by atoms with E-state index in [2.05, 4.69) is 20.9 Å². The molecule has 11 nitrogen and oxygen atoms in total. The van der Waals surface area contributed by atoms with Crippen molar-refractivity contribution in [1.29, 1.82) is 0 Å². The van der Waals surface area contributed by atoms with Crippen LogP contribution >= 0.6 is 0 Å². The summed E-state index contributed by atoms with van der Waals surface area (Å²) in [6, 6.07) is 12.8. The van der Waals surface area contributed by atoms with Crippen LogP contribution in [0.15, 0.2) is 60.3 Å². The second-order valence-corrected chi connectivity index (χ2v) is 11.2. The van der Waals surface area contributed by atoms with E-state index in [9.17, 15) is 29.7 Å². The van der Waals surface area contributed by atoms with Crippen LogP contribution in [0.25, 0.3) is 0 Å². The van der Waals surface area contributed by atoms with E-state index in [4.69, 9.17) is 4.74 Å². The summed E-state index contributed by atoms with van der Waals surface area (Å²) in [4.78, 5) is 39.7. The summed E-state index contributed by atoms with van der Waals surface area (Å²) in [5, 5.41) is 40.0. The third kappa shape index (κ3) is 6.52. The molecule has 1 saturated heterocycles. The van der Waals surface area contributed by atoms with Gasteiger partial charge in [0.2, 0.25) is 0 Å². The summed E-state index contributed by atoms with van der Waals surface area (Å²) in [6.07, 6.45) is 3.36. The zero-order valence-corrected chi connectivity index (χ0v) is 24.2. The van der Waals surface area contributed by atoms with Crippen LogP contribution in [0.5, 0.6) is 5.75 Å². The first-order valence-electron chi connectivity index (χ1n) is 14.2. The SMILES string of the molecule is COc1cccc(C2(O)CCN(CCCNC(=O)Nc3cccc(C4(C(=O)O)C=C(C)NC(C)C4C(=O)O)c3)CC2)c1. The Morgan fingerprint density at radius 2 is 1.76 bits per heavy atom. The van der Waals surface area contributed by atoms with Crippen molar-refractivity contribution >= 4 is 23.7 Å².